The molecule has 1 aliphatic heterocycles. The monoisotopic (exact) mass is 423 g/mol. The molecule has 8 heteroatoms. The van der Waals surface area contributed by atoms with Crippen LogP contribution < -0.4 is 5.43 Å². The van der Waals surface area contributed by atoms with Gasteiger partial charge in [-0.25, -0.2) is 0 Å². The van der Waals surface area contributed by atoms with Gasteiger partial charge in [0.25, 0.3) is 0 Å². The number of hydrogen-bond donors (Lipinski definition) is 2. The average Bonchev–Trinajstić information content (AvgIpc) is 2.96. The highest BCUT2D eigenvalue weighted by molar-refractivity contribution is 6.35. The van der Waals surface area contributed by atoms with E-state index in [0.717, 1.165) is 44.9 Å². The summed E-state index contributed by atoms with van der Waals surface area (Å²) in [4.78, 5) is 15.0. The maximum Gasteiger partial charge on any atom is 0.226 e. The minimum Gasteiger partial charge on any atom is -0.332 e. The van der Waals surface area contributed by atoms with Gasteiger partial charge in [-0.15, -0.1) is 5.11 Å². The van der Waals surface area contributed by atoms with Crippen LogP contribution in [0.1, 0.15) is 57.8 Å². The van der Waals surface area contributed by atoms with E-state index < -0.39 is 0 Å². The number of rotatable bonds is 4. The van der Waals surface area contributed by atoms with Gasteiger partial charge in [0.2, 0.25) is 5.91 Å². The molecule has 1 heterocycles. The minimum atomic E-state index is -0.294. The first kappa shape index (κ1) is 21.1. The van der Waals surface area contributed by atoms with Crippen molar-refractivity contribution in [3.63, 3.8) is 0 Å². The van der Waals surface area contributed by atoms with E-state index in [-0.39, 0.29) is 23.7 Å². The van der Waals surface area contributed by atoms with Crippen molar-refractivity contribution in [2.24, 2.45) is 16.3 Å². The fraction of sp³-hybridized carbons (Fsp3) is 0.600. The van der Waals surface area contributed by atoms with Gasteiger partial charge in [0, 0.05) is 22.5 Å². The van der Waals surface area contributed by atoms with E-state index in [9.17, 15) is 4.79 Å². The third-order valence-corrected chi connectivity index (χ3v) is 5.94. The molecule has 1 saturated carbocycles. The fourth-order valence-corrected chi connectivity index (χ4v) is 4.59. The molecule has 28 heavy (non-hydrogen) atoms. The van der Waals surface area contributed by atoms with Crippen LogP contribution in [0.4, 0.5) is 5.69 Å². The summed E-state index contributed by atoms with van der Waals surface area (Å²) in [5, 5.41) is 17.3. The number of anilines is 1. The average molecular weight is 424 g/mol. The normalized spacial score (nSPS) is 21.5. The molecule has 0 aromatic heterocycles. The summed E-state index contributed by atoms with van der Waals surface area (Å²) in [6.07, 6.45) is 9.36. The Morgan fingerprint density at radius 3 is 2.32 bits per heavy atom. The molecule has 1 atom stereocenters. The Hall–Kier alpha value is -1.66. The number of benzene rings is 1. The Labute approximate surface area is 176 Å². The van der Waals surface area contributed by atoms with E-state index in [0.29, 0.717) is 22.3 Å². The maximum atomic E-state index is 13.1. The fourth-order valence-electron chi connectivity index (χ4n) is 4.06. The van der Waals surface area contributed by atoms with Gasteiger partial charge in [0.15, 0.2) is 5.84 Å². The van der Waals surface area contributed by atoms with Crippen LogP contribution in [0.3, 0.4) is 0 Å². The molecule has 1 amide bonds. The number of amidine groups is 1. The molecular formula is C20H27Cl2N5O. The molecule has 1 aromatic carbocycles. The summed E-state index contributed by atoms with van der Waals surface area (Å²) >= 11 is 11.9. The summed E-state index contributed by atoms with van der Waals surface area (Å²) in [7, 11) is 0. The molecule has 0 bridgehead atoms. The van der Waals surface area contributed by atoms with Crippen LogP contribution in [0.25, 0.3) is 0 Å². The van der Waals surface area contributed by atoms with Crippen molar-refractivity contribution >= 4 is 40.6 Å². The second-order valence-electron chi connectivity index (χ2n) is 7.59. The molecule has 2 N–H and O–H groups in total. The Morgan fingerprint density at radius 2 is 1.64 bits per heavy atom. The first-order chi connectivity index (χ1) is 13.5. The number of carbonyl (C=O) groups is 1. The summed E-state index contributed by atoms with van der Waals surface area (Å²) in [6.45, 7) is 0.704. The van der Waals surface area contributed by atoms with Crippen molar-refractivity contribution in [2.75, 3.05) is 12.0 Å². The third-order valence-electron chi connectivity index (χ3n) is 5.51. The minimum absolute atomic E-state index is 0.0968. The molecule has 2 aliphatic rings. The lowest BCUT2D eigenvalue weighted by Crippen LogP contribution is -2.49. The largest absolute Gasteiger partial charge is 0.332 e. The van der Waals surface area contributed by atoms with E-state index in [1.807, 2.05) is 4.90 Å². The van der Waals surface area contributed by atoms with E-state index >= 15 is 0 Å². The summed E-state index contributed by atoms with van der Waals surface area (Å²) in [5.74, 6) is 0.406. The van der Waals surface area contributed by atoms with Crippen molar-refractivity contribution in [1.29, 1.82) is 5.41 Å². The number of nitrogens with one attached hydrogen (secondary N) is 2. The van der Waals surface area contributed by atoms with Gasteiger partial charge < -0.3 is 4.90 Å². The number of hydrogen-bond acceptors (Lipinski definition) is 3. The molecular weight excluding hydrogens is 397 g/mol. The number of nitrogens with zero attached hydrogens (tertiary/aromatic N) is 3. The van der Waals surface area contributed by atoms with Crippen molar-refractivity contribution < 1.29 is 4.79 Å². The predicted molar refractivity (Wildman–Crippen MR) is 113 cm³/mol. The molecule has 6 nitrogen and oxygen atoms in total. The number of halogens is 2. The molecule has 0 spiro atoms. The smallest absolute Gasteiger partial charge is 0.226 e. The predicted octanol–water partition coefficient (Wildman–Crippen LogP) is 6.10. The van der Waals surface area contributed by atoms with Crippen molar-refractivity contribution in [1.82, 2.24) is 4.90 Å². The van der Waals surface area contributed by atoms with E-state index in [1.165, 1.54) is 12.8 Å². The van der Waals surface area contributed by atoms with Crippen LogP contribution >= 0.6 is 23.2 Å². The van der Waals surface area contributed by atoms with Crippen LogP contribution in [0.15, 0.2) is 28.5 Å². The number of likely N-dealkylation sites (tertiary alicyclic amines) is 1. The van der Waals surface area contributed by atoms with Crippen molar-refractivity contribution in [2.45, 2.75) is 63.8 Å². The zero-order chi connectivity index (χ0) is 19.9. The molecule has 1 saturated heterocycles. The lowest BCUT2D eigenvalue weighted by atomic mass is 9.94. The second-order valence-corrected chi connectivity index (χ2v) is 8.46. The Morgan fingerprint density at radius 1 is 1.00 bits per heavy atom. The molecule has 152 valence electrons. The Balaban J connectivity index is 1.63. The van der Waals surface area contributed by atoms with Crippen LogP contribution in [0.2, 0.25) is 10.0 Å². The zero-order valence-corrected chi connectivity index (χ0v) is 17.5. The first-order valence-corrected chi connectivity index (χ1v) is 10.8. The molecule has 0 radical (unpaired) electrons. The lowest BCUT2D eigenvalue weighted by Gasteiger charge is -2.36. The van der Waals surface area contributed by atoms with Gasteiger partial charge in [-0.05, 0) is 50.3 Å². The van der Waals surface area contributed by atoms with Crippen LogP contribution in [-0.4, -0.2) is 29.2 Å². The second kappa shape index (κ2) is 10.2. The van der Waals surface area contributed by atoms with Crippen molar-refractivity contribution in [3.05, 3.63) is 28.2 Å². The van der Waals surface area contributed by atoms with E-state index in [4.69, 9.17) is 28.6 Å². The SMILES string of the molecule is N=C(/N=N\Nc1cc(Cl)cc(Cl)c1)C1CCCCN1C(=O)C1CCCCCC1. The van der Waals surface area contributed by atoms with Gasteiger partial charge in [0.1, 0.15) is 0 Å². The van der Waals surface area contributed by atoms with Crippen LogP contribution in [-0.2, 0) is 4.79 Å². The van der Waals surface area contributed by atoms with E-state index in [1.54, 1.807) is 18.2 Å². The van der Waals surface area contributed by atoms with Crippen molar-refractivity contribution in [3.8, 4) is 0 Å². The van der Waals surface area contributed by atoms with Gasteiger partial charge >= 0.3 is 0 Å². The van der Waals surface area contributed by atoms with Gasteiger partial charge in [-0.1, -0.05) is 54.1 Å². The highest BCUT2D eigenvalue weighted by Gasteiger charge is 2.34. The Kier molecular flexibility index (Phi) is 7.68. The maximum absolute atomic E-state index is 13.1. The van der Waals surface area contributed by atoms with Gasteiger partial charge in [-0.3, -0.25) is 15.6 Å². The molecule has 3 rings (SSSR count). The van der Waals surface area contributed by atoms with Gasteiger partial charge in [-0.2, -0.15) is 0 Å². The Bertz CT molecular complexity index is 711. The zero-order valence-electron chi connectivity index (χ0n) is 16.0. The number of carbonyl (C=O) groups excluding carboxylic acids is 1. The summed E-state index contributed by atoms with van der Waals surface area (Å²) in [5.41, 5.74) is 3.36. The summed E-state index contributed by atoms with van der Waals surface area (Å²) in [6, 6.07) is 4.70. The molecule has 1 unspecified atom stereocenters. The molecule has 1 aromatic rings. The number of piperidine rings is 1. The van der Waals surface area contributed by atoms with E-state index in [2.05, 4.69) is 15.8 Å². The van der Waals surface area contributed by atoms with Gasteiger partial charge in [0.05, 0.1) is 11.7 Å². The quantitative estimate of drug-likeness (QED) is 0.201. The summed E-state index contributed by atoms with van der Waals surface area (Å²) < 4.78 is 0. The third kappa shape index (κ3) is 5.67. The highest BCUT2D eigenvalue weighted by Crippen LogP contribution is 2.28. The first-order valence-electron chi connectivity index (χ1n) is 10.1. The molecule has 2 fully saturated rings. The highest BCUT2D eigenvalue weighted by atomic mass is 35.5. The van der Waals surface area contributed by atoms with Crippen LogP contribution in [0.5, 0.6) is 0 Å². The topological polar surface area (TPSA) is 80.9 Å². The number of amides is 1. The lowest BCUT2D eigenvalue weighted by molar-refractivity contribution is -0.138. The van der Waals surface area contributed by atoms with Crippen LogP contribution in [0, 0.1) is 11.3 Å². The standard InChI is InChI=1S/C20H27Cl2N5O/c21-15-11-16(22)13-17(12-15)24-26-25-19(23)18-9-5-6-10-27(18)20(28)14-7-3-1-2-4-8-14/h11-14,18H,1-10H2,(H2,23,24,25). The molecule has 1 aliphatic carbocycles.